The maximum absolute atomic E-state index is 11.5. The number of hydrogen-bond acceptors (Lipinski definition) is 5. The number of aromatic nitrogens is 2. The van der Waals surface area contributed by atoms with Crippen molar-refractivity contribution in [2.75, 3.05) is 5.32 Å². The zero-order chi connectivity index (χ0) is 13.0. The van der Waals surface area contributed by atoms with Gasteiger partial charge in [0.25, 0.3) is 0 Å². The molecule has 7 nitrogen and oxygen atoms in total. The molecule has 0 saturated carbocycles. The molecule has 5 N–H and O–H groups in total. The maximum Gasteiger partial charge on any atom is 0.243 e. The zero-order valence-corrected chi connectivity index (χ0v) is 11.7. The Balaban J connectivity index is 2.71. The third-order valence-electron chi connectivity index (χ3n) is 1.70. The molecule has 0 radical (unpaired) electrons. The number of amides is 2. The van der Waals surface area contributed by atoms with Crippen molar-refractivity contribution in [1.82, 2.24) is 9.97 Å². The second kappa shape index (κ2) is 6.03. The SMILES string of the molecule is NC(=O)CC(N)C(=O)Nc1ncc(Br)nc1Br. The summed E-state index contributed by atoms with van der Waals surface area (Å²) in [5.41, 5.74) is 10.4. The number of carbonyl (C=O) groups is 2. The Kier molecular flexibility index (Phi) is 4.97. The van der Waals surface area contributed by atoms with E-state index in [1.807, 2.05) is 0 Å². The lowest BCUT2D eigenvalue weighted by Crippen LogP contribution is -2.39. The van der Waals surface area contributed by atoms with Gasteiger partial charge in [0, 0.05) is 0 Å². The molecule has 1 rings (SSSR count). The van der Waals surface area contributed by atoms with Crippen molar-refractivity contribution in [3.63, 3.8) is 0 Å². The topological polar surface area (TPSA) is 124 Å². The lowest BCUT2D eigenvalue weighted by molar-refractivity contribution is -0.123. The molecular weight excluding hydrogens is 358 g/mol. The van der Waals surface area contributed by atoms with E-state index in [4.69, 9.17) is 11.5 Å². The van der Waals surface area contributed by atoms with E-state index in [1.165, 1.54) is 6.20 Å². The van der Waals surface area contributed by atoms with Crippen LogP contribution in [0, 0.1) is 0 Å². The van der Waals surface area contributed by atoms with Crippen LogP contribution in [0.5, 0.6) is 0 Å². The average Bonchev–Trinajstić information content (AvgIpc) is 2.21. The molecule has 17 heavy (non-hydrogen) atoms. The minimum Gasteiger partial charge on any atom is -0.370 e. The minimum atomic E-state index is -1.01. The van der Waals surface area contributed by atoms with Gasteiger partial charge in [-0.05, 0) is 31.9 Å². The number of anilines is 1. The van der Waals surface area contributed by atoms with Crippen LogP contribution >= 0.6 is 31.9 Å². The lowest BCUT2D eigenvalue weighted by Gasteiger charge is -2.10. The summed E-state index contributed by atoms with van der Waals surface area (Å²) >= 11 is 6.25. The smallest absolute Gasteiger partial charge is 0.243 e. The first-order valence-corrected chi connectivity index (χ1v) is 6.01. The van der Waals surface area contributed by atoms with Crippen molar-refractivity contribution >= 4 is 49.5 Å². The molecular formula is C8H9Br2N5O2. The van der Waals surface area contributed by atoms with E-state index < -0.39 is 17.9 Å². The summed E-state index contributed by atoms with van der Waals surface area (Å²) in [6.07, 6.45) is 1.19. The molecule has 9 heteroatoms. The molecule has 92 valence electrons. The van der Waals surface area contributed by atoms with Crippen LogP contribution in [-0.4, -0.2) is 27.8 Å². The number of halogens is 2. The molecule has 0 spiro atoms. The van der Waals surface area contributed by atoms with Crippen LogP contribution in [0.4, 0.5) is 5.82 Å². The number of rotatable bonds is 4. The standard InChI is InChI=1S/C8H9Br2N5O2/c9-4-2-13-7(6(10)14-4)15-8(17)3(11)1-5(12)16/h2-3H,1,11H2,(H2,12,16)(H,13,15,17). The largest absolute Gasteiger partial charge is 0.370 e. The van der Waals surface area contributed by atoms with Gasteiger partial charge in [-0.1, -0.05) is 0 Å². The second-order valence-corrected chi connectivity index (χ2v) is 4.66. The minimum absolute atomic E-state index is 0.220. The average molecular weight is 367 g/mol. The highest BCUT2D eigenvalue weighted by Gasteiger charge is 2.17. The monoisotopic (exact) mass is 365 g/mol. The van der Waals surface area contributed by atoms with Crippen molar-refractivity contribution in [3.05, 3.63) is 15.4 Å². The van der Waals surface area contributed by atoms with E-state index in [0.29, 0.717) is 9.21 Å². The summed E-state index contributed by atoms with van der Waals surface area (Å²) in [5.74, 6) is -0.979. The molecule has 2 amide bonds. The second-order valence-electron chi connectivity index (χ2n) is 3.10. The van der Waals surface area contributed by atoms with Crippen LogP contribution in [0.25, 0.3) is 0 Å². The van der Waals surface area contributed by atoms with Gasteiger partial charge in [0.1, 0.15) is 9.21 Å². The maximum atomic E-state index is 11.5. The van der Waals surface area contributed by atoms with E-state index in [0.717, 1.165) is 0 Å². The summed E-state index contributed by atoms with van der Waals surface area (Å²) in [7, 11) is 0. The highest BCUT2D eigenvalue weighted by molar-refractivity contribution is 9.11. The third-order valence-corrected chi connectivity index (χ3v) is 2.63. The Morgan fingerprint density at radius 3 is 2.65 bits per heavy atom. The summed E-state index contributed by atoms with van der Waals surface area (Å²) in [6.45, 7) is 0. The Labute approximate surface area is 114 Å². The number of primary amides is 1. The molecule has 0 fully saturated rings. The van der Waals surface area contributed by atoms with E-state index >= 15 is 0 Å². The quantitative estimate of drug-likeness (QED) is 0.699. The van der Waals surface area contributed by atoms with Crippen molar-refractivity contribution in [2.45, 2.75) is 12.5 Å². The van der Waals surface area contributed by atoms with Crippen molar-refractivity contribution in [3.8, 4) is 0 Å². The molecule has 0 bridgehead atoms. The van der Waals surface area contributed by atoms with Crippen LogP contribution < -0.4 is 16.8 Å². The Bertz CT molecular complexity index is 454. The highest BCUT2D eigenvalue weighted by Crippen LogP contribution is 2.19. The van der Waals surface area contributed by atoms with Gasteiger partial charge >= 0.3 is 0 Å². The van der Waals surface area contributed by atoms with Crippen LogP contribution in [0.2, 0.25) is 0 Å². The molecule has 0 saturated heterocycles. The zero-order valence-electron chi connectivity index (χ0n) is 8.48. The summed E-state index contributed by atoms with van der Waals surface area (Å²) in [4.78, 5) is 30.0. The van der Waals surface area contributed by atoms with Gasteiger partial charge in [-0.15, -0.1) is 0 Å². The third kappa shape index (κ3) is 4.36. The van der Waals surface area contributed by atoms with E-state index in [9.17, 15) is 9.59 Å². The Hall–Kier alpha value is -1.06. The number of nitrogens with zero attached hydrogens (tertiary/aromatic N) is 2. The van der Waals surface area contributed by atoms with Crippen LogP contribution in [0.1, 0.15) is 6.42 Å². The van der Waals surface area contributed by atoms with Crippen molar-refractivity contribution in [1.29, 1.82) is 0 Å². The van der Waals surface area contributed by atoms with Gasteiger partial charge in [0.05, 0.1) is 18.7 Å². The molecule has 1 atom stereocenters. The first kappa shape index (κ1) is 14.0. The highest BCUT2D eigenvalue weighted by atomic mass is 79.9. The van der Waals surface area contributed by atoms with Gasteiger partial charge in [0.2, 0.25) is 11.8 Å². The van der Waals surface area contributed by atoms with Gasteiger partial charge in [0.15, 0.2) is 5.82 Å². The van der Waals surface area contributed by atoms with Crippen molar-refractivity contribution in [2.24, 2.45) is 11.5 Å². The van der Waals surface area contributed by atoms with Gasteiger partial charge in [-0.25, -0.2) is 9.97 Å². The predicted octanol–water partition coefficient (Wildman–Crippen LogP) is 0.143. The van der Waals surface area contributed by atoms with Crippen LogP contribution in [0.3, 0.4) is 0 Å². The van der Waals surface area contributed by atoms with E-state index in [2.05, 4.69) is 47.1 Å². The fourth-order valence-corrected chi connectivity index (χ4v) is 1.86. The van der Waals surface area contributed by atoms with Gasteiger partial charge in [-0.3, -0.25) is 9.59 Å². The van der Waals surface area contributed by atoms with Crippen molar-refractivity contribution < 1.29 is 9.59 Å². The number of carbonyl (C=O) groups excluding carboxylic acids is 2. The fraction of sp³-hybridized carbons (Fsp3) is 0.250. The van der Waals surface area contributed by atoms with Gasteiger partial charge in [-0.2, -0.15) is 0 Å². The number of nitrogens with two attached hydrogens (primary N) is 2. The number of nitrogens with one attached hydrogen (secondary N) is 1. The molecule has 0 aliphatic carbocycles. The van der Waals surface area contributed by atoms with Crippen LogP contribution in [0.15, 0.2) is 15.4 Å². The summed E-state index contributed by atoms with van der Waals surface area (Å²) in [5, 5.41) is 2.43. The summed E-state index contributed by atoms with van der Waals surface area (Å²) in [6, 6.07) is -1.01. The molecule has 0 aromatic carbocycles. The Morgan fingerprint density at radius 2 is 2.12 bits per heavy atom. The molecule has 1 aromatic heterocycles. The number of hydrogen-bond donors (Lipinski definition) is 3. The first-order chi connectivity index (χ1) is 7.90. The lowest BCUT2D eigenvalue weighted by atomic mass is 10.2. The summed E-state index contributed by atoms with van der Waals surface area (Å²) < 4.78 is 0.871. The predicted molar refractivity (Wildman–Crippen MR) is 67.8 cm³/mol. The first-order valence-electron chi connectivity index (χ1n) is 4.43. The molecule has 0 aliphatic rings. The molecule has 1 unspecified atom stereocenters. The van der Waals surface area contributed by atoms with Crippen LogP contribution in [-0.2, 0) is 9.59 Å². The fourth-order valence-electron chi connectivity index (χ4n) is 0.949. The Morgan fingerprint density at radius 1 is 1.47 bits per heavy atom. The molecule has 1 heterocycles. The normalized spacial score (nSPS) is 11.9. The van der Waals surface area contributed by atoms with Gasteiger partial charge < -0.3 is 16.8 Å². The molecule has 0 aliphatic heterocycles. The van der Waals surface area contributed by atoms with E-state index in [-0.39, 0.29) is 12.2 Å². The van der Waals surface area contributed by atoms with E-state index in [1.54, 1.807) is 0 Å². The molecule has 1 aromatic rings.